The highest BCUT2D eigenvalue weighted by Gasteiger charge is 2.57. The lowest BCUT2D eigenvalue weighted by Gasteiger charge is -2.60. The van der Waals surface area contributed by atoms with E-state index in [0.717, 1.165) is 32.1 Å². The second-order valence-electron chi connectivity index (χ2n) is 7.96. The standard InChI is InChI=1S/C17H22N2O4S/c18-24(22,23)14-4-2-1-3-13(14)15(20)19-16-6-11-5-12(7-16)9-17(21,8-11)10-16/h1-4,11-12,21H,5-10H2,(H,19,20)(H2,18,22,23). The van der Waals surface area contributed by atoms with E-state index in [0.29, 0.717) is 18.3 Å². The first-order valence-corrected chi connectivity index (χ1v) is 9.90. The molecule has 0 aromatic heterocycles. The predicted octanol–water partition coefficient (Wildman–Crippen LogP) is 1.15. The van der Waals surface area contributed by atoms with Gasteiger partial charge in [-0.2, -0.15) is 0 Å². The summed E-state index contributed by atoms with van der Waals surface area (Å²) in [4.78, 5) is 12.6. The van der Waals surface area contributed by atoms with Gasteiger partial charge in [0.1, 0.15) is 0 Å². The summed E-state index contributed by atoms with van der Waals surface area (Å²) in [6.07, 6.45) is 5.01. The minimum atomic E-state index is -3.97. The maximum Gasteiger partial charge on any atom is 0.253 e. The number of aliphatic hydroxyl groups is 1. The van der Waals surface area contributed by atoms with Gasteiger partial charge in [0.2, 0.25) is 10.0 Å². The summed E-state index contributed by atoms with van der Waals surface area (Å²) in [6, 6.07) is 5.99. The number of sulfonamides is 1. The Balaban J connectivity index is 1.64. The molecule has 0 aliphatic heterocycles. The number of hydrogen-bond acceptors (Lipinski definition) is 4. The van der Waals surface area contributed by atoms with Gasteiger partial charge >= 0.3 is 0 Å². The Bertz CT molecular complexity index is 791. The number of primary sulfonamides is 1. The number of nitrogens with one attached hydrogen (secondary N) is 1. The first-order chi connectivity index (χ1) is 11.2. The normalized spacial score (nSPS) is 37.4. The molecule has 4 fully saturated rings. The zero-order valence-corrected chi connectivity index (χ0v) is 14.2. The first kappa shape index (κ1) is 16.1. The summed E-state index contributed by atoms with van der Waals surface area (Å²) in [5.41, 5.74) is -1.04. The molecule has 4 aliphatic carbocycles. The molecule has 0 spiro atoms. The second kappa shape index (κ2) is 5.03. The number of amides is 1. The molecular weight excluding hydrogens is 328 g/mol. The van der Waals surface area contributed by atoms with Gasteiger partial charge < -0.3 is 10.4 Å². The maximum absolute atomic E-state index is 12.8. The van der Waals surface area contributed by atoms with Crippen molar-refractivity contribution in [1.82, 2.24) is 5.32 Å². The number of carbonyl (C=O) groups excluding carboxylic acids is 1. The fourth-order valence-electron chi connectivity index (χ4n) is 5.57. The van der Waals surface area contributed by atoms with Crippen molar-refractivity contribution in [1.29, 1.82) is 0 Å². The fraction of sp³-hybridized carbons (Fsp3) is 0.588. The fourth-order valence-corrected chi connectivity index (χ4v) is 6.31. The minimum Gasteiger partial charge on any atom is -0.390 e. The van der Waals surface area contributed by atoms with Gasteiger partial charge in [0, 0.05) is 5.54 Å². The van der Waals surface area contributed by atoms with Crippen molar-refractivity contribution < 1.29 is 18.3 Å². The van der Waals surface area contributed by atoms with E-state index in [2.05, 4.69) is 5.32 Å². The highest BCUT2D eigenvalue weighted by atomic mass is 32.2. The molecule has 6 nitrogen and oxygen atoms in total. The second-order valence-corrected chi connectivity index (χ2v) is 9.49. The highest BCUT2D eigenvalue weighted by Crippen LogP contribution is 2.57. The largest absolute Gasteiger partial charge is 0.390 e. The molecule has 4 bridgehead atoms. The van der Waals surface area contributed by atoms with Gasteiger partial charge in [0.25, 0.3) is 5.91 Å². The van der Waals surface area contributed by atoms with Crippen LogP contribution in [0.5, 0.6) is 0 Å². The Morgan fingerprint density at radius 1 is 1.17 bits per heavy atom. The van der Waals surface area contributed by atoms with Crippen molar-refractivity contribution in [2.75, 3.05) is 0 Å². The molecule has 1 amide bonds. The zero-order valence-electron chi connectivity index (χ0n) is 13.4. The average molecular weight is 350 g/mol. The van der Waals surface area contributed by atoms with Crippen LogP contribution in [-0.2, 0) is 10.0 Å². The van der Waals surface area contributed by atoms with Crippen molar-refractivity contribution in [2.45, 2.75) is 54.6 Å². The van der Waals surface area contributed by atoms with Crippen LogP contribution in [0.3, 0.4) is 0 Å². The van der Waals surface area contributed by atoms with Crippen LogP contribution in [0.4, 0.5) is 0 Å². The van der Waals surface area contributed by atoms with E-state index >= 15 is 0 Å². The molecule has 0 heterocycles. The topological polar surface area (TPSA) is 109 Å². The number of carbonyl (C=O) groups is 1. The summed E-state index contributed by atoms with van der Waals surface area (Å²) < 4.78 is 23.5. The molecular formula is C17H22N2O4S. The summed E-state index contributed by atoms with van der Waals surface area (Å²) >= 11 is 0. The van der Waals surface area contributed by atoms with Gasteiger partial charge in [-0.1, -0.05) is 12.1 Å². The lowest BCUT2D eigenvalue weighted by molar-refractivity contribution is -0.139. The molecule has 7 heteroatoms. The first-order valence-electron chi connectivity index (χ1n) is 8.35. The Labute approximate surface area is 141 Å². The van der Waals surface area contributed by atoms with Crippen LogP contribution in [0.2, 0.25) is 0 Å². The van der Waals surface area contributed by atoms with Crippen LogP contribution in [-0.4, -0.2) is 30.6 Å². The Morgan fingerprint density at radius 2 is 1.79 bits per heavy atom. The monoisotopic (exact) mass is 350 g/mol. The smallest absolute Gasteiger partial charge is 0.253 e. The van der Waals surface area contributed by atoms with Gasteiger partial charge in [-0.25, -0.2) is 13.6 Å². The third-order valence-corrected chi connectivity index (χ3v) is 6.82. The van der Waals surface area contributed by atoms with E-state index in [1.807, 2.05) is 0 Å². The van der Waals surface area contributed by atoms with Gasteiger partial charge in [-0.05, 0) is 62.5 Å². The zero-order chi connectivity index (χ0) is 17.2. The van der Waals surface area contributed by atoms with Crippen LogP contribution in [0.25, 0.3) is 0 Å². The molecule has 5 rings (SSSR count). The van der Waals surface area contributed by atoms with Crippen molar-refractivity contribution in [2.24, 2.45) is 17.0 Å². The highest BCUT2D eigenvalue weighted by molar-refractivity contribution is 7.89. The number of hydrogen-bond donors (Lipinski definition) is 3. The molecule has 1 aromatic carbocycles. The molecule has 0 saturated heterocycles. The van der Waals surface area contributed by atoms with Crippen molar-refractivity contribution in [3.05, 3.63) is 29.8 Å². The van der Waals surface area contributed by atoms with Crippen LogP contribution in [0.1, 0.15) is 48.9 Å². The van der Waals surface area contributed by atoms with E-state index in [-0.39, 0.29) is 10.5 Å². The lowest BCUT2D eigenvalue weighted by atomic mass is 9.51. The van der Waals surface area contributed by atoms with Crippen LogP contribution >= 0.6 is 0 Å². The number of rotatable bonds is 3. The van der Waals surface area contributed by atoms with Gasteiger partial charge in [0.05, 0.1) is 16.1 Å². The van der Waals surface area contributed by atoms with Crippen LogP contribution in [0, 0.1) is 11.8 Å². The van der Waals surface area contributed by atoms with E-state index in [1.54, 1.807) is 12.1 Å². The molecule has 0 radical (unpaired) electrons. The molecule has 2 atom stereocenters. The molecule has 130 valence electrons. The van der Waals surface area contributed by atoms with Crippen LogP contribution in [0.15, 0.2) is 29.2 Å². The molecule has 4 N–H and O–H groups in total. The average Bonchev–Trinajstić information content (AvgIpc) is 2.43. The summed E-state index contributed by atoms with van der Waals surface area (Å²) in [5.74, 6) is 0.445. The number of benzene rings is 1. The molecule has 4 saturated carbocycles. The van der Waals surface area contributed by atoms with Gasteiger partial charge in [0.15, 0.2) is 0 Å². The van der Waals surface area contributed by atoms with Crippen LogP contribution < -0.4 is 10.5 Å². The maximum atomic E-state index is 12.8. The predicted molar refractivity (Wildman–Crippen MR) is 87.6 cm³/mol. The summed E-state index contributed by atoms with van der Waals surface area (Å²) in [7, 11) is -3.97. The van der Waals surface area contributed by atoms with E-state index in [1.165, 1.54) is 12.1 Å². The molecule has 2 unspecified atom stereocenters. The molecule has 4 aliphatic rings. The summed E-state index contributed by atoms with van der Waals surface area (Å²) in [5, 5.41) is 19.1. The lowest BCUT2D eigenvalue weighted by Crippen LogP contribution is -2.65. The Hall–Kier alpha value is -1.44. The van der Waals surface area contributed by atoms with Crippen molar-refractivity contribution in [3.8, 4) is 0 Å². The van der Waals surface area contributed by atoms with E-state index in [9.17, 15) is 18.3 Å². The summed E-state index contributed by atoms with van der Waals surface area (Å²) in [6.45, 7) is 0. The SMILES string of the molecule is NS(=O)(=O)c1ccccc1C(=O)NC12CC3CC(CC(O)(C3)C1)C2. The third kappa shape index (κ3) is 2.64. The van der Waals surface area contributed by atoms with E-state index < -0.39 is 27.1 Å². The number of nitrogens with two attached hydrogens (primary N) is 1. The van der Waals surface area contributed by atoms with Crippen molar-refractivity contribution >= 4 is 15.9 Å². The Morgan fingerprint density at radius 3 is 2.38 bits per heavy atom. The van der Waals surface area contributed by atoms with Gasteiger partial charge in [-0.3, -0.25) is 4.79 Å². The molecule has 24 heavy (non-hydrogen) atoms. The van der Waals surface area contributed by atoms with Crippen molar-refractivity contribution in [3.63, 3.8) is 0 Å². The molecule has 1 aromatic rings. The quantitative estimate of drug-likeness (QED) is 0.759. The third-order valence-electron chi connectivity index (χ3n) is 5.85. The van der Waals surface area contributed by atoms with E-state index in [4.69, 9.17) is 5.14 Å². The minimum absolute atomic E-state index is 0.0720. The Kier molecular flexibility index (Phi) is 3.37. The van der Waals surface area contributed by atoms with Gasteiger partial charge in [-0.15, -0.1) is 0 Å².